The lowest BCUT2D eigenvalue weighted by Crippen LogP contribution is -2.29. The van der Waals surface area contributed by atoms with Crippen molar-refractivity contribution < 1.29 is 0 Å². The van der Waals surface area contributed by atoms with Gasteiger partial charge in [-0.2, -0.15) is 5.10 Å². The van der Waals surface area contributed by atoms with E-state index in [4.69, 9.17) is 5.84 Å². The van der Waals surface area contributed by atoms with E-state index in [1.807, 2.05) is 19.3 Å². The Bertz CT molecular complexity index is 490. The molecule has 2 aromatic rings. The Morgan fingerprint density at radius 2 is 2.24 bits per heavy atom. The molecule has 1 aromatic heterocycles. The Morgan fingerprint density at radius 3 is 2.82 bits per heavy atom. The first-order chi connectivity index (χ1) is 8.24. The van der Waals surface area contributed by atoms with Crippen LogP contribution in [0.1, 0.15) is 29.8 Å². The molecule has 0 aliphatic carbocycles. The number of benzene rings is 1. The van der Waals surface area contributed by atoms with Crippen LogP contribution in [0.15, 0.2) is 36.5 Å². The van der Waals surface area contributed by atoms with Crippen molar-refractivity contribution in [3.05, 3.63) is 53.3 Å². The van der Waals surface area contributed by atoms with Crippen LogP contribution in [0.25, 0.3) is 0 Å². The molecule has 1 atom stereocenters. The summed E-state index contributed by atoms with van der Waals surface area (Å²) in [7, 11) is 1.90. The van der Waals surface area contributed by atoms with Gasteiger partial charge < -0.3 is 0 Å². The van der Waals surface area contributed by atoms with Gasteiger partial charge in [0.1, 0.15) is 0 Å². The molecular weight excluding hydrogens is 212 g/mol. The summed E-state index contributed by atoms with van der Waals surface area (Å²) in [6, 6.07) is 10.3. The second kappa shape index (κ2) is 5.12. The van der Waals surface area contributed by atoms with Gasteiger partial charge in [-0.15, -0.1) is 0 Å². The molecule has 0 aliphatic rings. The van der Waals surface area contributed by atoms with Gasteiger partial charge in [-0.3, -0.25) is 10.5 Å². The van der Waals surface area contributed by atoms with Crippen molar-refractivity contribution in [3.8, 4) is 0 Å². The minimum absolute atomic E-state index is 0.0531. The first kappa shape index (κ1) is 11.8. The summed E-state index contributed by atoms with van der Waals surface area (Å²) in [6.07, 6.45) is 2.94. The van der Waals surface area contributed by atoms with Gasteiger partial charge in [0.25, 0.3) is 0 Å². The average Bonchev–Trinajstić information content (AvgIpc) is 2.77. The van der Waals surface area contributed by atoms with Crippen LogP contribution in [-0.2, 0) is 13.5 Å². The number of nitrogens with zero attached hydrogens (tertiary/aromatic N) is 2. The molecule has 4 heteroatoms. The van der Waals surface area contributed by atoms with E-state index in [-0.39, 0.29) is 6.04 Å². The molecule has 1 unspecified atom stereocenters. The Morgan fingerprint density at radius 1 is 1.41 bits per heavy atom. The topological polar surface area (TPSA) is 55.9 Å². The Balaban J connectivity index is 2.34. The van der Waals surface area contributed by atoms with Crippen molar-refractivity contribution in [2.24, 2.45) is 12.9 Å². The summed E-state index contributed by atoms with van der Waals surface area (Å²) in [5.41, 5.74) is 6.21. The lowest BCUT2D eigenvalue weighted by molar-refractivity contribution is 0.603. The fourth-order valence-electron chi connectivity index (χ4n) is 1.93. The van der Waals surface area contributed by atoms with Crippen molar-refractivity contribution >= 4 is 0 Å². The minimum Gasteiger partial charge on any atom is -0.275 e. The number of nitrogens with two attached hydrogens (primary N) is 1. The Kier molecular flexibility index (Phi) is 3.56. The van der Waals surface area contributed by atoms with E-state index in [0.717, 1.165) is 17.7 Å². The third kappa shape index (κ3) is 2.54. The van der Waals surface area contributed by atoms with E-state index >= 15 is 0 Å². The number of nitrogens with one attached hydrogen (secondary N) is 1. The highest BCUT2D eigenvalue weighted by Gasteiger charge is 2.14. The Labute approximate surface area is 101 Å². The summed E-state index contributed by atoms with van der Waals surface area (Å²) in [5.74, 6) is 5.64. The predicted molar refractivity (Wildman–Crippen MR) is 68.2 cm³/mol. The smallest absolute Gasteiger partial charge is 0.0900 e. The molecule has 0 saturated heterocycles. The van der Waals surface area contributed by atoms with Gasteiger partial charge >= 0.3 is 0 Å². The van der Waals surface area contributed by atoms with Crippen LogP contribution in [0.5, 0.6) is 0 Å². The molecule has 90 valence electrons. The largest absolute Gasteiger partial charge is 0.275 e. The molecule has 2 rings (SSSR count). The van der Waals surface area contributed by atoms with Crippen molar-refractivity contribution in [3.63, 3.8) is 0 Å². The van der Waals surface area contributed by atoms with Crippen molar-refractivity contribution in [2.75, 3.05) is 0 Å². The van der Waals surface area contributed by atoms with Crippen molar-refractivity contribution in [1.29, 1.82) is 0 Å². The van der Waals surface area contributed by atoms with Gasteiger partial charge in [-0.25, -0.2) is 5.43 Å². The molecule has 0 fully saturated rings. The molecule has 0 spiro atoms. The van der Waals surface area contributed by atoms with E-state index in [2.05, 4.69) is 41.7 Å². The first-order valence-electron chi connectivity index (χ1n) is 5.79. The summed E-state index contributed by atoms with van der Waals surface area (Å²) < 4.78 is 1.78. The molecule has 1 heterocycles. The number of hydrogen-bond acceptors (Lipinski definition) is 3. The average molecular weight is 230 g/mol. The quantitative estimate of drug-likeness (QED) is 0.618. The van der Waals surface area contributed by atoms with Crippen LogP contribution in [0, 0.1) is 0 Å². The number of aromatic nitrogens is 2. The van der Waals surface area contributed by atoms with Gasteiger partial charge in [-0.1, -0.05) is 31.2 Å². The standard InChI is InChI=1S/C13H18N4/c1-3-10-5-4-6-11(9-10)13(15-14)12-7-8-17(2)16-12/h4-9,13,15H,3,14H2,1-2H3. The zero-order chi connectivity index (χ0) is 12.3. The number of rotatable bonds is 4. The minimum atomic E-state index is -0.0531. The zero-order valence-electron chi connectivity index (χ0n) is 10.2. The van der Waals surface area contributed by atoms with Crippen molar-refractivity contribution in [1.82, 2.24) is 15.2 Å². The highest BCUT2D eigenvalue weighted by atomic mass is 15.3. The van der Waals surface area contributed by atoms with E-state index in [0.29, 0.717) is 0 Å². The van der Waals surface area contributed by atoms with Crippen LogP contribution in [0.2, 0.25) is 0 Å². The van der Waals surface area contributed by atoms with Crippen LogP contribution in [0.4, 0.5) is 0 Å². The molecule has 3 N–H and O–H groups in total. The number of hydrogen-bond donors (Lipinski definition) is 2. The van der Waals surface area contributed by atoms with Gasteiger partial charge in [0, 0.05) is 13.2 Å². The monoisotopic (exact) mass is 230 g/mol. The molecule has 0 aliphatic heterocycles. The van der Waals surface area contributed by atoms with Crippen LogP contribution in [-0.4, -0.2) is 9.78 Å². The number of aryl methyl sites for hydroxylation is 2. The van der Waals surface area contributed by atoms with Crippen LogP contribution in [0.3, 0.4) is 0 Å². The molecule has 0 bridgehead atoms. The molecule has 1 aromatic carbocycles. The molecule has 17 heavy (non-hydrogen) atoms. The number of hydrazine groups is 1. The lowest BCUT2D eigenvalue weighted by Gasteiger charge is -2.14. The summed E-state index contributed by atoms with van der Waals surface area (Å²) in [6.45, 7) is 2.14. The summed E-state index contributed by atoms with van der Waals surface area (Å²) >= 11 is 0. The third-order valence-corrected chi connectivity index (χ3v) is 2.89. The molecule has 0 saturated carbocycles. The second-order valence-electron chi connectivity index (χ2n) is 4.11. The normalized spacial score (nSPS) is 12.6. The molecule has 0 amide bonds. The SMILES string of the molecule is CCc1cccc(C(NN)c2ccn(C)n2)c1. The fraction of sp³-hybridized carbons (Fsp3) is 0.308. The maximum absolute atomic E-state index is 5.64. The molecule has 0 radical (unpaired) electrons. The first-order valence-corrected chi connectivity index (χ1v) is 5.79. The van der Waals surface area contributed by atoms with Gasteiger partial charge in [0.15, 0.2) is 0 Å². The fourth-order valence-corrected chi connectivity index (χ4v) is 1.93. The van der Waals surface area contributed by atoms with E-state index < -0.39 is 0 Å². The zero-order valence-corrected chi connectivity index (χ0v) is 10.2. The van der Waals surface area contributed by atoms with Gasteiger partial charge in [0.05, 0.1) is 11.7 Å². The summed E-state index contributed by atoms with van der Waals surface area (Å²) in [5, 5.41) is 4.39. The lowest BCUT2D eigenvalue weighted by atomic mass is 10.0. The molecular formula is C13H18N4. The third-order valence-electron chi connectivity index (χ3n) is 2.89. The Hall–Kier alpha value is -1.65. The van der Waals surface area contributed by atoms with Gasteiger partial charge in [0.2, 0.25) is 0 Å². The maximum Gasteiger partial charge on any atom is 0.0900 e. The van der Waals surface area contributed by atoms with Crippen molar-refractivity contribution in [2.45, 2.75) is 19.4 Å². The highest BCUT2D eigenvalue weighted by molar-refractivity contribution is 5.31. The van der Waals surface area contributed by atoms with Gasteiger partial charge in [-0.05, 0) is 23.6 Å². The van der Waals surface area contributed by atoms with Crippen LogP contribution < -0.4 is 11.3 Å². The predicted octanol–water partition coefficient (Wildman–Crippen LogP) is 1.54. The van der Waals surface area contributed by atoms with Crippen LogP contribution >= 0.6 is 0 Å². The molecule has 4 nitrogen and oxygen atoms in total. The highest BCUT2D eigenvalue weighted by Crippen LogP contribution is 2.20. The second-order valence-corrected chi connectivity index (χ2v) is 4.11. The van der Waals surface area contributed by atoms with E-state index in [1.54, 1.807) is 4.68 Å². The summed E-state index contributed by atoms with van der Waals surface area (Å²) in [4.78, 5) is 0. The van der Waals surface area contributed by atoms with E-state index in [1.165, 1.54) is 5.56 Å². The van der Waals surface area contributed by atoms with E-state index in [9.17, 15) is 0 Å². The maximum atomic E-state index is 5.64.